The zero-order valence-corrected chi connectivity index (χ0v) is 10.6. The number of ether oxygens (including phenoxy) is 1. The summed E-state index contributed by atoms with van der Waals surface area (Å²) >= 11 is 0. The fourth-order valence-corrected chi connectivity index (χ4v) is 2.10. The van der Waals surface area contributed by atoms with Gasteiger partial charge in [-0.2, -0.15) is 0 Å². The Labute approximate surface area is 110 Å². The molecule has 0 amide bonds. The molecule has 0 spiro atoms. The summed E-state index contributed by atoms with van der Waals surface area (Å²) < 4.78 is 11.0. The summed E-state index contributed by atoms with van der Waals surface area (Å²) in [4.78, 5) is 4.44. The minimum Gasteiger partial charge on any atom is -0.496 e. The lowest BCUT2D eigenvalue weighted by Gasteiger charge is -2.05. The van der Waals surface area contributed by atoms with E-state index in [0.29, 0.717) is 29.1 Å². The number of anilines is 1. The van der Waals surface area contributed by atoms with Crippen molar-refractivity contribution in [2.24, 2.45) is 0 Å². The SMILES string of the molecule is COc1ccccc1Cc1nc2c(N)cccc2o1. The van der Waals surface area contributed by atoms with Crippen molar-refractivity contribution in [3.8, 4) is 5.75 Å². The van der Waals surface area contributed by atoms with Crippen LogP contribution >= 0.6 is 0 Å². The third-order valence-electron chi connectivity index (χ3n) is 3.03. The maximum atomic E-state index is 5.87. The van der Waals surface area contributed by atoms with Crippen molar-refractivity contribution in [2.45, 2.75) is 6.42 Å². The van der Waals surface area contributed by atoms with Crippen LogP contribution in [0.5, 0.6) is 5.75 Å². The number of hydrogen-bond donors (Lipinski definition) is 1. The molecule has 2 N–H and O–H groups in total. The number of para-hydroxylation sites is 2. The first-order valence-electron chi connectivity index (χ1n) is 6.03. The second-order valence-electron chi connectivity index (χ2n) is 4.29. The molecular weight excluding hydrogens is 240 g/mol. The summed E-state index contributed by atoms with van der Waals surface area (Å²) in [5, 5.41) is 0. The third-order valence-corrected chi connectivity index (χ3v) is 3.03. The fourth-order valence-electron chi connectivity index (χ4n) is 2.10. The number of aromatic nitrogens is 1. The Bertz CT molecular complexity index is 719. The van der Waals surface area contributed by atoms with E-state index in [-0.39, 0.29) is 0 Å². The molecule has 1 aromatic heterocycles. The molecule has 0 unspecified atom stereocenters. The molecule has 0 bridgehead atoms. The molecule has 3 rings (SSSR count). The van der Waals surface area contributed by atoms with Crippen LogP contribution in [0.2, 0.25) is 0 Å². The standard InChI is InChI=1S/C15H14N2O2/c1-18-12-7-3-2-5-10(12)9-14-17-15-11(16)6-4-8-13(15)19-14/h2-8H,9,16H2,1H3. The molecule has 1 heterocycles. The predicted molar refractivity (Wildman–Crippen MR) is 74.2 cm³/mol. The van der Waals surface area contributed by atoms with E-state index in [9.17, 15) is 0 Å². The highest BCUT2D eigenvalue weighted by Crippen LogP contribution is 2.25. The predicted octanol–water partition coefficient (Wildman–Crippen LogP) is 3.01. The van der Waals surface area contributed by atoms with Crippen molar-refractivity contribution in [1.82, 2.24) is 4.98 Å². The zero-order valence-electron chi connectivity index (χ0n) is 10.6. The van der Waals surface area contributed by atoms with Gasteiger partial charge in [-0.05, 0) is 18.2 Å². The Morgan fingerprint density at radius 3 is 2.79 bits per heavy atom. The average Bonchev–Trinajstić information content (AvgIpc) is 2.83. The second-order valence-corrected chi connectivity index (χ2v) is 4.29. The van der Waals surface area contributed by atoms with Gasteiger partial charge in [0.05, 0.1) is 19.2 Å². The van der Waals surface area contributed by atoms with Crippen LogP contribution in [0.15, 0.2) is 46.9 Å². The third kappa shape index (κ3) is 2.12. The molecule has 4 nitrogen and oxygen atoms in total. The van der Waals surface area contributed by atoms with Crippen LogP contribution in [0.3, 0.4) is 0 Å². The number of nitrogens with zero attached hydrogens (tertiary/aromatic N) is 1. The lowest BCUT2D eigenvalue weighted by atomic mass is 10.1. The lowest BCUT2D eigenvalue weighted by molar-refractivity contribution is 0.408. The van der Waals surface area contributed by atoms with Gasteiger partial charge in [0, 0.05) is 5.56 Å². The summed E-state index contributed by atoms with van der Waals surface area (Å²) in [7, 11) is 1.66. The number of nitrogen functional groups attached to an aromatic ring is 1. The van der Waals surface area contributed by atoms with Crippen LogP contribution in [-0.2, 0) is 6.42 Å². The van der Waals surface area contributed by atoms with Crippen LogP contribution in [-0.4, -0.2) is 12.1 Å². The van der Waals surface area contributed by atoms with Gasteiger partial charge in [-0.25, -0.2) is 4.98 Å². The Balaban J connectivity index is 1.99. The number of rotatable bonds is 3. The summed E-state index contributed by atoms with van der Waals surface area (Å²) in [6.45, 7) is 0. The van der Waals surface area contributed by atoms with Gasteiger partial charge in [0.25, 0.3) is 0 Å². The maximum absolute atomic E-state index is 5.87. The molecule has 0 aliphatic rings. The van der Waals surface area contributed by atoms with E-state index < -0.39 is 0 Å². The quantitative estimate of drug-likeness (QED) is 0.730. The van der Waals surface area contributed by atoms with Crippen molar-refractivity contribution in [3.63, 3.8) is 0 Å². The van der Waals surface area contributed by atoms with E-state index >= 15 is 0 Å². The van der Waals surface area contributed by atoms with Gasteiger partial charge in [-0.3, -0.25) is 0 Å². The lowest BCUT2D eigenvalue weighted by Crippen LogP contribution is -1.93. The topological polar surface area (TPSA) is 61.3 Å². The van der Waals surface area contributed by atoms with Crippen LogP contribution in [0.4, 0.5) is 5.69 Å². The first kappa shape index (κ1) is 11.6. The van der Waals surface area contributed by atoms with Crippen molar-refractivity contribution in [2.75, 3.05) is 12.8 Å². The van der Waals surface area contributed by atoms with Crippen molar-refractivity contribution in [3.05, 3.63) is 53.9 Å². The molecular formula is C15H14N2O2. The molecule has 0 atom stereocenters. The molecule has 3 aromatic rings. The minimum atomic E-state index is 0.581. The molecule has 0 saturated heterocycles. The fraction of sp³-hybridized carbons (Fsp3) is 0.133. The Morgan fingerprint density at radius 1 is 1.16 bits per heavy atom. The van der Waals surface area contributed by atoms with E-state index in [4.69, 9.17) is 14.9 Å². The maximum Gasteiger partial charge on any atom is 0.200 e. The van der Waals surface area contributed by atoms with Gasteiger partial charge in [0.15, 0.2) is 11.5 Å². The van der Waals surface area contributed by atoms with E-state index in [0.717, 1.165) is 11.3 Å². The summed E-state index contributed by atoms with van der Waals surface area (Å²) in [6, 6.07) is 13.4. The zero-order chi connectivity index (χ0) is 13.2. The first-order chi connectivity index (χ1) is 9.28. The molecule has 0 aliphatic carbocycles. The minimum absolute atomic E-state index is 0.581. The number of hydrogen-bond acceptors (Lipinski definition) is 4. The van der Waals surface area contributed by atoms with E-state index in [2.05, 4.69) is 4.98 Å². The van der Waals surface area contributed by atoms with E-state index in [1.165, 1.54) is 0 Å². The Hall–Kier alpha value is -2.49. The highest BCUT2D eigenvalue weighted by Gasteiger charge is 2.10. The highest BCUT2D eigenvalue weighted by atomic mass is 16.5. The van der Waals surface area contributed by atoms with Crippen molar-refractivity contribution >= 4 is 16.8 Å². The van der Waals surface area contributed by atoms with E-state index in [1.807, 2.05) is 42.5 Å². The molecule has 0 aliphatic heterocycles. The normalized spacial score (nSPS) is 10.8. The van der Waals surface area contributed by atoms with Gasteiger partial charge in [-0.1, -0.05) is 24.3 Å². The molecule has 0 radical (unpaired) electrons. The van der Waals surface area contributed by atoms with Crippen molar-refractivity contribution < 1.29 is 9.15 Å². The molecule has 2 aromatic carbocycles. The van der Waals surface area contributed by atoms with Crippen LogP contribution < -0.4 is 10.5 Å². The molecule has 96 valence electrons. The number of oxazole rings is 1. The van der Waals surface area contributed by atoms with Gasteiger partial charge >= 0.3 is 0 Å². The summed E-state index contributed by atoms with van der Waals surface area (Å²) in [6.07, 6.45) is 0.581. The Morgan fingerprint density at radius 2 is 2.00 bits per heavy atom. The number of fused-ring (bicyclic) bond motifs is 1. The van der Waals surface area contributed by atoms with Gasteiger partial charge in [0.2, 0.25) is 0 Å². The molecule has 4 heteroatoms. The number of methoxy groups -OCH3 is 1. The van der Waals surface area contributed by atoms with Crippen LogP contribution in [0, 0.1) is 0 Å². The van der Waals surface area contributed by atoms with E-state index in [1.54, 1.807) is 7.11 Å². The van der Waals surface area contributed by atoms with Crippen LogP contribution in [0.25, 0.3) is 11.1 Å². The number of nitrogens with two attached hydrogens (primary N) is 1. The highest BCUT2D eigenvalue weighted by molar-refractivity contribution is 5.85. The summed E-state index contributed by atoms with van der Waals surface area (Å²) in [5.74, 6) is 1.47. The second kappa shape index (κ2) is 4.65. The molecule has 0 saturated carbocycles. The van der Waals surface area contributed by atoms with Gasteiger partial charge in [0.1, 0.15) is 11.3 Å². The molecule has 0 fully saturated rings. The largest absolute Gasteiger partial charge is 0.496 e. The smallest absolute Gasteiger partial charge is 0.200 e. The Kier molecular flexibility index (Phi) is 2.83. The summed E-state index contributed by atoms with van der Waals surface area (Å²) in [5.41, 5.74) is 8.97. The monoisotopic (exact) mass is 254 g/mol. The molecule has 19 heavy (non-hydrogen) atoms. The van der Waals surface area contributed by atoms with Gasteiger partial charge in [-0.15, -0.1) is 0 Å². The number of benzene rings is 2. The van der Waals surface area contributed by atoms with Gasteiger partial charge < -0.3 is 14.9 Å². The van der Waals surface area contributed by atoms with Crippen molar-refractivity contribution in [1.29, 1.82) is 0 Å². The first-order valence-corrected chi connectivity index (χ1v) is 6.03. The average molecular weight is 254 g/mol. The van der Waals surface area contributed by atoms with Crippen LogP contribution in [0.1, 0.15) is 11.5 Å².